The first-order valence-electron chi connectivity index (χ1n) is 12.6. The lowest BCUT2D eigenvalue weighted by atomic mass is 9.94. The van der Waals surface area contributed by atoms with E-state index in [1.807, 2.05) is 13.1 Å². The van der Waals surface area contributed by atoms with Gasteiger partial charge in [-0.1, -0.05) is 37.5 Å². The molecule has 0 bridgehead atoms. The molecule has 0 radical (unpaired) electrons. The highest BCUT2D eigenvalue weighted by molar-refractivity contribution is 5.94. The molecule has 1 fully saturated rings. The maximum atomic E-state index is 11.6. The number of carboxylic acids is 1. The molecule has 1 aliphatic carbocycles. The Bertz CT molecular complexity index is 1580. The van der Waals surface area contributed by atoms with Gasteiger partial charge in [0.15, 0.2) is 0 Å². The fraction of sp³-hybridized carbons (Fsp3) is 0.233. The minimum absolute atomic E-state index is 0.264. The summed E-state index contributed by atoms with van der Waals surface area (Å²) in [7, 11) is 1.91. The van der Waals surface area contributed by atoms with Crippen molar-refractivity contribution in [2.75, 3.05) is 12.4 Å². The van der Waals surface area contributed by atoms with Gasteiger partial charge in [0.25, 0.3) is 0 Å². The standard InChI is InChI=1S/C30H28N4O2/c1-31-23-12-7-19(8-13-23)25-14-9-20-17-21(10-15-26(20)32-25)29-33-27-18-22(30(35)36)11-16-28(27)34(29)24-5-3-2-4-6-24/h7-18,24,31H,2-6H2,1H3,(H,35,36). The van der Waals surface area contributed by atoms with Crippen LogP contribution in [0, 0.1) is 0 Å². The molecule has 6 rings (SSSR count). The summed E-state index contributed by atoms with van der Waals surface area (Å²) in [6.07, 6.45) is 5.91. The average molecular weight is 477 g/mol. The zero-order chi connectivity index (χ0) is 24.6. The number of pyridine rings is 1. The van der Waals surface area contributed by atoms with Gasteiger partial charge in [0.05, 0.1) is 27.8 Å². The number of nitrogens with zero attached hydrogens (tertiary/aromatic N) is 3. The van der Waals surface area contributed by atoms with E-state index in [9.17, 15) is 9.90 Å². The predicted octanol–water partition coefficient (Wildman–Crippen LogP) is 7.16. The van der Waals surface area contributed by atoms with E-state index in [1.54, 1.807) is 12.1 Å². The van der Waals surface area contributed by atoms with E-state index in [0.717, 1.165) is 63.1 Å². The van der Waals surface area contributed by atoms with E-state index in [0.29, 0.717) is 6.04 Å². The van der Waals surface area contributed by atoms with Gasteiger partial charge >= 0.3 is 5.97 Å². The molecular formula is C30H28N4O2. The molecule has 1 aliphatic rings. The summed E-state index contributed by atoms with van der Waals surface area (Å²) in [6, 6.07) is 24.4. The Morgan fingerprint density at radius 1 is 0.861 bits per heavy atom. The second-order valence-corrected chi connectivity index (χ2v) is 9.54. The summed E-state index contributed by atoms with van der Waals surface area (Å²) in [6.45, 7) is 0. The average Bonchev–Trinajstić information content (AvgIpc) is 3.32. The number of carboxylic acid groups (broad SMARTS) is 1. The third kappa shape index (κ3) is 3.98. The number of imidazole rings is 1. The van der Waals surface area contributed by atoms with Crippen molar-refractivity contribution in [3.8, 4) is 22.6 Å². The summed E-state index contributed by atoms with van der Waals surface area (Å²) >= 11 is 0. The van der Waals surface area contributed by atoms with Crippen molar-refractivity contribution >= 4 is 33.6 Å². The molecular weight excluding hydrogens is 448 g/mol. The number of nitrogens with one attached hydrogen (secondary N) is 1. The molecule has 0 unspecified atom stereocenters. The fourth-order valence-electron chi connectivity index (χ4n) is 5.38. The first-order valence-corrected chi connectivity index (χ1v) is 12.6. The molecule has 0 atom stereocenters. The van der Waals surface area contributed by atoms with Crippen molar-refractivity contribution in [3.05, 3.63) is 78.4 Å². The van der Waals surface area contributed by atoms with Crippen LogP contribution in [0.3, 0.4) is 0 Å². The van der Waals surface area contributed by atoms with E-state index in [2.05, 4.69) is 64.5 Å². The van der Waals surface area contributed by atoms with Crippen molar-refractivity contribution in [1.82, 2.24) is 14.5 Å². The van der Waals surface area contributed by atoms with Crippen molar-refractivity contribution in [2.45, 2.75) is 38.1 Å². The van der Waals surface area contributed by atoms with Gasteiger partial charge < -0.3 is 15.0 Å². The number of carbonyl (C=O) groups is 1. The van der Waals surface area contributed by atoms with E-state index in [-0.39, 0.29) is 5.56 Å². The number of rotatable bonds is 5. The molecule has 6 heteroatoms. The maximum absolute atomic E-state index is 11.6. The molecule has 3 aromatic carbocycles. The predicted molar refractivity (Wildman–Crippen MR) is 145 cm³/mol. The van der Waals surface area contributed by atoms with E-state index in [1.165, 1.54) is 19.3 Å². The van der Waals surface area contributed by atoms with Crippen molar-refractivity contribution in [3.63, 3.8) is 0 Å². The fourth-order valence-corrected chi connectivity index (χ4v) is 5.38. The summed E-state index contributed by atoms with van der Waals surface area (Å²) in [4.78, 5) is 21.4. The second kappa shape index (κ2) is 9.11. The van der Waals surface area contributed by atoms with Crippen LogP contribution in [0.4, 0.5) is 5.69 Å². The third-order valence-corrected chi connectivity index (χ3v) is 7.29. The summed E-state index contributed by atoms with van der Waals surface area (Å²) in [5.74, 6) is -0.0353. The summed E-state index contributed by atoms with van der Waals surface area (Å²) < 4.78 is 2.34. The molecule has 1 saturated carbocycles. The van der Waals surface area contributed by atoms with Crippen LogP contribution in [0.2, 0.25) is 0 Å². The van der Waals surface area contributed by atoms with Crippen molar-refractivity contribution < 1.29 is 9.90 Å². The molecule has 0 spiro atoms. The van der Waals surface area contributed by atoms with Crippen LogP contribution in [-0.2, 0) is 0 Å². The number of hydrogen-bond donors (Lipinski definition) is 2. The normalized spacial score (nSPS) is 14.4. The Kier molecular flexibility index (Phi) is 5.64. The number of anilines is 1. The first-order chi connectivity index (χ1) is 17.6. The monoisotopic (exact) mass is 476 g/mol. The Labute approximate surface area is 209 Å². The highest BCUT2D eigenvalue weighted by atomic mass is 16.4. The minimum Gasteiger partial charge on any atom is -0.478 e. The van der Waals surface area contributed by atoms with Gasteiger partial charge in [0.1, 0.15) is 5.82 Å². The maximum Gasteiger partial charge on any atom is 0.335 e. The molecule has 2 heterocycles. The number of aromatic nitrogens is 3. The van der Waals surface area contributed by atoms with E-state index >= 15 is 0 Å². The lowest BCUT2D eigenvalue weighted by Crippen LogP contribution is -2.14. The van der Waals surface area contributed by atoms with Crippen LogP contribution < -0.4 is 5.32 Å². The molecule has 0 saturated heterocycles. The molecule has 0 aliphatic heterocycles. The van der Waals surface area contributed by atoms with E-state index < -0.39 is 5.97 Å². The quantitative estimate of drug-likeness (QED) is 0.281. The smallest absolute Gasteiger partial charge is 0.335 e. The van der Waals surface area contributed by atoms with Gasteiger partial charge in [-0.15, -0.1) is 0 Å². The number of hydrogen-bond acceptors (Lipinski definition) is 4. The van der Waals surface area contributed by atoms with Gasteiger partial charge in [0.2, 0.25) is 0 Å². The molecule has 2 aromatic heterocycles. The third-order valence-electron chi connectivity index (χ3n) is 7.29. The van der Waals surface area contributed by atoms with Crippen molar-refractivity contribution in [2.24, 2.45) is 0 Å². The van der Waals surface area contributed by atoms with Gasteiger partial charge in [0, 0.05) is 35.3 Å². The highest BCUT2D eigenvalue weighted by Crippen LogP contribution is 2.37. The minimum atomic E-state index is -0.932. The van der Waals surface area contributed by atoms with Crippen molar-refractivity contribution in [1.29, 1.82) is 0 Å². The van der Waals surface area contributed by atoms with Crippen LogP contribution >= 0.6 is 0 Å². The summed E-state index contributed by atoms with van der Waals surface area (Å²) in [5, 5.41) is 13.7. The zero-order valence-corrected chi connectivity index (χ0v) is 20.2. The first kappa shape index (κ1) is 22.3. The Morgan fingerprint density at radius 3 is 2.39 bits per heavy atom. The molecule has 180 valence electrons. The van der Waals surface area contributed by atoms with Crippen LogP contribution in [-0.4, -0.2) is 32.7 Å². The molecule has 2 N–H and O–H groups in total. The lowest BCUT2D eigenvalue weighted by molar-refractivity contribution is 0.0697. The highest BCUT2D eigenvalue weighted by Gasteiger charge is 2.23. The Balaban J connectivity index is 1.44. The summed E-state index contributed by atoms with van der Waals surface area (Å²) in [5.41, 5.74) is 7.04. The Morgan fingerprint density at radius 2 is 1.64 bits per heavy atom. The molecule has 0 amide bonds. The SMILES string of the molecule is CNc1ccc(-c2ccc3cc(-c4nc5cc(C(=O)O)ccc5n4C4CCCCC4)ccc3n2)cc1. The molecule has 6 nitrogen and oxygen atoms in total. The second-order valence-electron chi connectivity index (χ2n) is 9.54. The van der Waals surface area contributed by atoms with Gasteiger partial charge in [-0.3, -0.25) is 0 Å². The van der Waals surface area contributed by atoms with Gasteiger partial charge in [-0.25, -0.2) is 14.8 Å². The van der Waals surface area contributed by atoms with E-state index in [4.69, 9.17) is 9.97 Å². The van der Waals surface area contributed by atoms with Crippen LogP contribution in [0.5, 0.6) is 0 Å². The van der Waals surface area contributed by atoms with Crippen LogP contribution in [0.15, 0.2) is 72.8 Å². The van der Waals surface area contributed by atoms with Gasteiger partial charge in [-0.05, 0) is 67.4 Å². The molecule has 5 aromatic rings. The number of aromatic carboxylic acids is 1. The Hall–Kier alpha value is -4.19. The largest absolute Gasteiger partial charge is 0.478 e. The topological polar surface area (TPSA) is 80.0 Å². The number of fused-ring (bicyclic) bond motifs is 2. The lowest BCUT2D eigenvalue weighted by Gasteiger charge is -2.25. The number of benzene rings is 3. The van der Waals surface area contributed by atoms with Gasteiger partial charge in [-0.2, -0.15) is 0 Å². The van der Waals surface area contributed by atoms with Crippen LogP contribution in [0.1, 0.15) is 48.5 Å². The van der Waals surface area contributed by atoms with Crippen LogP contribution in [0.25, 0.3) is 44.6 Å². The zero-order valence-electron chi connectivity index (χ0n) is 20.2. The molecule has 36 heavy (non-hydrogen) atoms.